The zero-order valence-electron chi connectivity index (χ0n) is 10.8. The predicted molar refractivity (Wildman–Crippen MR) is 68.9 cm³/mol. The smallest absolute Gasteiger partial charge is 0.387 e. The summed E-state index contributed by atoms with van der Waals surface area (Å²) in [6.07, 6.45) is 0.783. The number of nitrogens with one attached hydrogen (secondary N) is 1. The van der Waals surface area contributed by atoms with Gasteiger partial charge >= 0.3 is 12.6 Å². The van der Waals surface area contributed by atoms with E-state index in [0.717, 1.165) is 6.42 Å². The van der Waals surface area contributed by atoms with Crippen LogP contribution in [0.25, 0.3) is 0 Å². The SMILES string of the molecule is O=C(Nc1ccc(OC(F)F)cc1)N1CCC(CO)C1. The van der Waals surface area contributed by atoms with E-state index in [-0.39, 0.29) is 24.3 Å². The summed E-state index contributed by atoms with van der Waals surface area (Å²) >= 11 is 0. The Morgan fingerprint density at radius 2 is 2.15 bits per heavy atom. The zero-order valence-corrected chi connectivity index (χ0v) is 10.8. The first kappa shape index (κ1) is 14.5. The number of carbonyl (C=O) groups is 1. The van der Waals surface area contributed by atoms with Gasteiger partial charge in [0.1, 0.15) is 5.75 Å². The molecule has 1 heterocycles. The van der Waals surface area contributed by atoms with E-state index in [2.05, 4.69) is 10.1 Å². The molecule has 1 aliphatic rings. The summed E-state index contributed by atoms with van der Waals surface area (Å²) < 4.78 is 28.2. The number of likely N-dealkylation sites (tertiary alicyclic amines) is 1. The summed E-state index contributed by atoms with van der Waals surface area (Å²) in [5.41, 5.74) is 0.504. The number of aliphatic hydroxyl groups is 1. The molecule has 1 aromatic rings. The number of nitrogens with zero attached hydrogens (tertiary/aromatic N) is 1. The van der Waals surface area contributed by atoms with E-state index < -0.39 is 6.61 Å². The summed E-state index contributed by atoms with van der Waals surface area (Å²) in [5.74, 6) is 0.169. The molecular formula is C13H16F2N2O3. The molecule has 1 unspecified atom stereocenters. The lowest BCUT2D eigenvalue weighted by Crippen LogP contribution is -2.33. The fourth-order valence-corrected chi connectivity index (χ4v) is 2.09. The molecule has 1 aliphatic heterocycles. The Morgan fingerprint density at radius 3 is 2.70 bits per heavy atom. The number of urea groups is 1. The molecule has 1 fully saturated rings. The fourth-order valence-electron chi connectivity index (χ4n) is 2.09. The van der Waals surface area contributed by atoms with Crippen molar-refractivity contribution < 1.29 is 23.4 Å². The largest absolute Gasteiger partial charge is 0.435 e. The summed E-state index contributed by atoms with van der Waals surface area (Å²) in [6.45, 7) is -1.67. The van der Waals surface area contributed by atoms with Crippen molar-refractivity contribution in [2.24, 2.45) is 5.92 Å². The van der Waals surface area contributed by atoms with E-state index in [1.165, 1.54) is 24.3 Å². The molecular weight excluding hydrogens is 270 g/mol. The number of ether oxygens (including phenoxy) is 1. The van der Waals surface area contributed by atoms with Crippen molar-refractivity contribution in [1.29, 1.82) is 0 Å². The van der Waals surface area contributed by atoms with Gasteiger partial charge in [0.15, 0.2) is 0 Å². The third-order valence-corrected chi connectivity index (χ3v) is 3.16. The standard InChI is InChI=1S/C13H16F2N2O3/c14-12(15)20-11-3-1-10(2-4-11)16-13(19)17-6-5-9(7-17)8-18/h1-4,9,12,18H,5-8H2,(H,16,19). The van der Waals surface area contributed by atoms with Crippen molar-refractivity contribution in [3.05, 3.63) is 24.3 Å². The molecule has 2 N–H and O–H groups in total. The maximum absolute atomic E-state index is 12.0. The minimum absolute atomic E-state index is 0.0412. The highest BCUT2D eigenvalue weighted by Gasteiger charge is 2.25. The van der Waals surface area contributed by atoms with Gasteiger partial charge < -0.3 is 20.1 Å². The lowest BCUT2D eigenvalue weighted by molar-refractivity contribution is -0.0498. The number of carbonyl (C=O) groups excluding carboxylic acids is 1. The molecule has 0 spiro atoms. The molecule has 5 nitrogen and oxygen atoms in total. The highest BCUT2D eigenvalue weighted by atomic mass is 19.3. The van der Waals surface area contributed by atoms with Gasteiger partial charge in [0.05, 0.1) is 0 Å². The van der Waals surface area contributed by atoms with E-state index in [4.69, 9.17) is 5.11 Å². The maximum atomic E-state index is 12.0. The van der Waals surface area contributed by atoms with Crippen LogP contribution in [-0.2, 0) is 0 Å². The van der Waals surface area contributed by atoms with Crippen LogP contribution in [0.4, 0.5) is 19.3 Å². The van der Waals surface area contributed by atoms with Gasteiger partial charge in [0.25, 0.3) is 0 Å². The van der Waals surface area contributed by atoms with Crippen molar-refractivity contribution in [3.8, 4) is 5.75 Å². The zero-order chi connectivity index (χ0) is 14.5. The van der Waals surface area contributed by atoms with E-state index in [1.54, 1.807) is 4.90 Å². The monoisotopic (exact) mass is 286 g/mol. The minimum atomic E-state index is -2.87. The number of alkyl halides is 2. The van der Waals surface area contributed by atoms with Crippen molar-refractivity contribution in [1.82, 2.24) is 4.90 Å². The Balaban J connectivity index is 1.88. The molecule has 0 bridgehead atoms. The third-order valence-electron chi connectivity index (χ3n) is 3.16. The van der Waals surface area contributed by atoms with Gasteiger partial charge in [0.2, 0.25) is 0 Å². The van der Waals surface area contributed by atoms with Crippen LogP contribution in [0, 0.1) is 5.92 Å². The second-order valence-corrected chi connectivity index (χ2v) is 4.62. The van der Waals surface area contributed by atoms with Gasteiger partial charge in [-0.3, -0.25) is 0 Å². The number of aliphatic hydroxyl groups excluding tert-OH is 1. The Bertz CT molecular complexity index is 453. The highest BCUT2D eigenvalue weighted by molar-refractivity contribution is 5.89. The molecule has 7 heteroatoms. The van der Waals surface area contributed by atoms with Crippen molar-refractivity contribution >= 4 is 11.7 Å². The molecule has 0 aliphatic carbocycles. The van der Waals surface area contributed by atoms with Crippen molar-refractivity contribution in [2.75, 3.05) is 25.0 Å². The minimum Gasteiger partial charge on any atom is -0.435 e. The molecule has 0 aromatic heterocycles. The Labute approximate surface area is 115 Å². The van der Waals surface area contributed by atoms with Crippen LogP contribution < -0.4 is 10.1 Å². The van der Waals surface area contributed by atoms with Crippen LogP contribution in [0.1, 0.15) is 6.42 Å². The van der Waals surface area contributed by atoms with Crippen LogP contribution in [-0.4, -0.2) is 42.3 Å². The second kappa shape index (κ2) is 6.51. The van der Waals surface area contributed by atoms with Gasteiger partial charge in [-0.15, -0.1) is 0 Å². The highest BCUT2D eigenvalue weighted by Crippen LogP contribution is 2.20. The lowest BCUT2D eigenvalue weighted by Gasteiger charge is -2.17. The number of amides is 2. The van der Waals surface area contributed by atoms with Crippen molar-refractivity contribution in [2.45, 2.75) is 13.0 Å². The number of halogens is 2. The number of rotatable bonds is 4. The summed E-state index contributed by atoms with van der Waals surface area (Å²) in [7, 11) is 0. The van der Waals surface area contributed by atoms with E-state index in [9.17, 15) is 13.6 Å². The van der Waals surface area contributed by atoms with Crippen LogP contribution >= 0.6 is 0 Å². The maximum Gasteiger partial charge on any atom is 0.387 e. The van der Waals surface area contributed by atoms with E-state index in [1.807, 2.05) is 0 Å². The summed E-state index contributed by atoms with van der Waals surface area (Å²) in [6, 6.07) is 5.46. The number of benzene rings is 1. The number of hydrogen-bond donors (Lipinski definition) is 2. The topological polar surface area (TPSA) is 61.8 Å². The number of anilines is 1. The molecule has 1 aromatic carbocycles. The summed E-state index contributed by atoms with van der Waals surface area (Å²) in [4.78, 5) is 13.5. The molecule has 0 saturated carbocycles. The first-order valence-electron chi connectivity index (χ1n) is 6.30. The lowest BCUT2D eigenvalue weighted by atomic mass is 10.1. The Hall–Kier alpha value is -1.89. The second-order valence-electron chi connectivity index (χ2n) is 4.62. The molecule has 2 amide bonds. The first-order chi connectivity index (χ1) is 9.58. The van der Waals surface area contributed by atoms with Gasteiger partial charge in [-0.25, -0.2) is 4.79 Å². The molecule has 110 valence electrons. The average molecular weight is 286 g/mol. The quantitative estimate of drug-likeness (QED) is 0.891. The van der Waals surface area contributed by atoms with Crippen LogP contribution in [0.3, 0.4) is 0 Å². The van der Waals surface area contributed by atoms with Gasteiger partial charge in [0, 0.05) is 31.3 Å². The van der Waals surface area contributed by atoms with E-state index in [0.29, 0.717) is 18.8 Å². The number of hydrogen-bond acceptors (Lipinski definition) is 3. The Kier molecular flexibility index (Phi) is 4.73. The average Bonchev–Trinajstić information content (AvgIpc) is 2.89. The van der Waals surface area contributed by atoms with Gasteiger partial charge in [-0.1, -0.05) is 0 Å². The summed E-state index contributed by atoms with van der Waals surface area (Å²) in [5, 5.41) is 11.7. The van der Waals surface area contributed by atoms with Crippen LogP contribution in [0.5, 0.6) is 5.75 Å². The van der Waals surface area contributed by atoms with Gasteiger partial charge in [-0.05, 0) is 30.7 Å². The van der Waals surface area contributed by atoms with Crippen LogP contribution in [0.2, 0.25) is 0 Å². The molecule has 0 radical (unpaired) electrons. The fraction of sp³-hybridized carbons (Fsp3) is 0.462. The first-order valence-corrected chi connectivity index (χ1v) is 6.30. The van der Waals surface area contributed by atoms with E-state index >= 15 is 0 Å². The van der Waals surface area contributed by atoms with Crippen LogP contribution in [0.15, 0.2) is 24.3 Å². The van der Waals surface area contributed by atoms with Gasteiger partial charge in [-0.2, -0.15) is 8.78 Å². The predicted octanol–water partition coefficient (Wildman–Crippen LogP) is 2.13. The molecule has 20 heavy (non-hydrogen) atoms. The normalized spacial score (nSPS) is 18.4. The Morgan fingerprint density at radius 1 is 1.45 bits per heavy atom. The molecule has 1 saturated heterocycles. The molecule has 1 atom stereocenters. The molecule has 2 rings (SSSR count). The van der Waals surface area contributed by atoms with Crippen molar-refractivity contribution in [3.63, 3.8) is 0 Å². The third kappa shape index (κ3) is 3.80.